The number of alkyl halides is 3. The summed E-state index contributed by atoms with van der Waals surface area (Å²) in [5.74, 6) is -0.465. The molecule has 1 saturated heterocycles. The summed E-state index contributed by atoms with van der Waals surface area (Å²) in [6.45, 7) is 0.00780. The number of fused-ring (bicyclic) bond motifs is 1. The van der Waals surface area contributed by atoms with Crippen molar-refractivity contribution in [2.24, 2.45) is 0 Å². The number of sulfonamides is 1. The number of halogens is 3. The molecule has 1 aliphatic carbocycles. The van der Waals surface area contributed by atoms with E-state index >= 15 is 0 Å². The van der Waals surface area contributed by atoms with Crippen molar-refractivity contribution in [2.75, 3.05) is 6.54 Å². The molecule has 0 aromatic heterocycles. The number of hydrogen-bond donors (Lipinski definition) is 1. The molecule has 2 atom stereocenters. The van der Waals surface area contributed by atoms with Crippen LogP contribution in [-0.4, -0.2) is 31.2 Å². The largest absolute Gasteiger partial charge is 0.417 e. The van der Waals surface area contributed by atoms with Gasteiger partial charge in [-0.2, -0.15) is 17.5 Å². The molecule has 2 aromatic rings. The van der Waals surface area contributed by atoms with Crippen molar-refractivity contribution in [2.45, 2.75) is 55.3 Å². The minimum Gasteiger partial charge on any atom is -0.348 e. The maximum absolute atomic E-state index is 13.4. The summed E-state index contributed by atoms with van der Waals surface area (Å²) in [5.41, 5.74) is 0.938. The molecule has 1 N–H and O–H groups in total. The fraction of sp³-hybridized carbons (Fsp3) is 0.409. The number of amides is 1. The Morgan fingerprint density at radius 2 is 1.71 bits per heavy atom. The van der Waals surface area contributed by atoms with Crippen LogP contribution in [0.25, 0.3) is 0 Å². The van der Waals surface area contributed by atoms with Crippen LogP contribution in [0.5, 0.6) is 0 Å². The number of nitrogens with zero attached hydrogens (tertiary/aromatic N) is 1. The first kappa shape index (κ1) is 21.8. The van der Waals surface area contributed by atoms with Gasteiger partial charge in [0, 0.05) is 6.54 Å². The second-order valence-corrected chi connectivity index (χ2v) is 9.78. The van der Waals surface area contributed by atoms with Crippen molar-refractivity contribution in [1.29, 1.82) is 0 Å². The highest BCUT2D eigenvalue weighted by Gasteiger charge is 2.44. The number of carbonyl (C=O) groups is 1. The van der Waals surface area contributed by atoms with E-state index in [0.717, 1.165) is 52.9 Å². The third-order valence-electron chi connectivity index (χ3n) is 5.97. The van der Waals surface area contributed by atoms with Crippen molar-refractivity contribution in [3.63, 3.8) is 0 Å². The maximum atomic E-state index is 13.4. The number of nitrogens with one attached hydrogen (secondary N) is 1. The number of carbonyl (C=O) groups excluding carboxylic acids is 1. The average molecular weight is 452 g/mol. The summed E-state index contributed by atoms with van der Waals surface area (Å²) >= 11 is 0. The molecule has 2 aromatic carbocycles. The van der Waals surface area contributed by atoms with E-state index in [2.05, 4.69) is 5.32 Å². The fourth-order valence-electron chi connectivity index (χ4n) is 4.51. The predicted molar refractivity (Wildman–Crippen MR) is 109 cm³/mol. The van der Waals surface area contributed by atoms with Gasteiger partial charge in [0.1, 0.15) is 6.04 Å². The smallest absolute Gasteiger partial charge is 0.348 e. The second-order valence-electron chi connectivity index (χ2n) is 7.92. The number of hydrogen-bond acceptors (Lipinski definition) is 3. The molecule has 9 heteroatoms. The predicted octanol–water partition coefficient (Wildman–Crippen LogP) is 4.05. The third-order valence-corrected chi connectivity index (χ3v) is 7.94. The minimum absolute atomic E-state index is 0.00780. The summed E-state index contributed by atoms with van der Waals surface area (Å²) < 4.78 is 67.5. The Hall–Kier alpha value is -2.39. The van der Waals surface area contributed by atoms with E-state index in [1.165, 1.54) is 6.07 Å². The van der Waals surface area contributed by atoms with Crippen molar-refractivity contribution in [1.82, 2.24) is 9.62 Å². The standard InChI is InChI=1S/C22H23F3N2O3S/c23-22(24,25)17-10-3-4-13-20(17)31(29,30)27-14-6-12-19(27)21(28)26-18-11-5-8-15-7-1-2-9-16(15)18/h1-4,7,9-10,13,18-19H,5-6,8,11-12,14H2,(H,26,28)/t18?,19-/m0/s1. The van der Waals surface area contributed by atoms with E-state index in [1.54, 1.807) is 0 Å². The van der Waals surface area contributed by atoms with Crippen LogP contribution in [0.2, 0.25) is 0 Å². The summed E-state index contributed by atoms with van der Waals surface area (Å²) in [7, 11) is -4.50. The average Bonchev–Trinajstić information content (AvgIpc) is 3.24. The van der Waals surface area contributed by atoms with Gasteiger partial charge in [0.25, 0.3) is 0 Å². The number of benzene rings is 2. The molecule has 1 heterocycles. The van der Waals surface area contributed by atoms with Crippen molar-refractivity contribution >= 4 is 15.9 Å². The van der Waals surface area contributed by atoms with Crippen molar-refractivity contribution in [3.05, 3.63) is 65.2 Å². The number of aryl methyl sites for hydroxylation is 1. The lowest BCUT2D eigenvalue weighted by Crippen LogP contribution is -2.47. The van der Waals surface area contributed by atoms with E-state index in [0.29, 0.717) is 6.42 Å². The Balaban J connectivity index is 1.60. The first-order chi connectivity index (χ1) is 14.7. The van der Waals surface area contributed by atoms with Crippen LogP contribution in [0.4, 0.5) is 13.2 Å². The van der Waals surface area contributed by atoms with Gasteiger partial charge in [-0.3, -0.25) is 4.79 Å². The van der Waals surface area contributed by atoms with Gasteiger partial charge >= 0.3 is 6.18 Å². The molecule has 0 spiro atoms. The van der Waals surface area contributed by atoms with E-state index in [1.807, 2.05) is 24.3 Å². The molecule has 0 saturated carbocycles. The third kappa shape index (κ3) is 4.21. The van der Waals surface area contributed by atoms with Gasteiger partial charge in [0.15, 0.2) is 0 Å². The van der Waals surface area contributed by atoms with Crippen LogP contribution >= 0.6 is 0 Å². The maximum Gasteiger partial charge on any atom is 0.417 e. The molecule has 31 heavy (non-hydrogen) atoms. The van der Waals surface area contributed by atoms with Crippen LogP contribution < -0.4 is 5.32 Å². The Morgan fingerprint density at radius 1 is 1.00 bits per heavy atom. The summed E-state index contributed by atoms with van der Waals surface area (Å²) in [6, 6.07) is 10.6. The number of rotatable bonds is 4. The zero-order chi connectivity index (χ0) is 22.2. The highest BCUT2D eigenvalue weighted by molar-refractivity contribution is 7.89. The zero-order valence-electron chi connectivity index (χ0n) is 16.7. The van der Waals surface area contributed by atoms with Crippen LogP contribution in [-0.2, 0) is 27.4 Å². The Kier molecular flexibility index (Phi) is 5.83. The summed E-state index contributed by atoms with van der Waals surface area (Å²) in [4.78, 5) is 12.2. The van der Waals surface area contributed by atoms with Crippen LogP contribution in [0.3, 0.4) is 0 Å². The Morgan fingerprint density at radius 3 is 2.48 bits per heavy atom. The molecular weight excluding hydrogens is 429 g/mol. The first-order valence-electron chi connectivity index (χ1n) is 10.3. The highest BCUT2D eigenvalue weighted by atomic mass is 32.2. The molecule has 1 amide bonds. The molecule has 1 unspecified atom stereocenters. The van der Waals surface area contributed by atoms with Gasteiger partial charge < -0.3 is 5.32 Å². The van der Waals surface area contributed by atoms with E-state index in [4.69, 9.17) is 0 Å². The first-order valence-corrected chi connectivity index (χ1v) is 11.7. The van der Waals surface area contributed by atoms with Gasteiger partial charge in [0.2, 0.25) is 15.9 Å². The molecular formula is C22H23F3N2O3S. The van der Waals surface area contributed by atoms with Gasteiger partial charge in [-0.15, -0.1) is 0 Å². The molecule has 5 nitrogen and oxygen atoms in total. The lowest BCUT2D eigenvalue weighted by molar-refractivity contribution is -0.139. The van der Waals surface area contributed by atoms with E-state index < -0.39 is 38.6 Å². The topological polar surface area (TPSA) is 66.5 Å². The molecule has 2 aliphatic rings. The normalized spacial score (nSPS) is 22.2. The van der Waals surface area contributed by atoms with Crippen LogP contribution in [0, 0.1) is 0 Å². The highest BCUT2D eigenvalue weighted by Crippen LogP contribution is 2.37. The van der Waals surface area contributed by atoms with Gasteiger partial charge in [-0.1, -0.05) is 36.4 Å². The lowest BCUT2D eigenvalue weighted by atomic mass is 9.87. The van der Waals surface area contributed by atoms with Crippen molar-refractivity contribution in [3.8, 4) is 0 Å². The SMILES string of the molecule is O=C(NC1CCCc2ccccc21)[C@@H]1CCCN1S(=O)(=O)c1ccccc1C(F)(F)F. The molecule has 1 fully saturated rings. The zero-order valence-corrected chi connectivity index (χ0v) is 17.5. The minimum atomic E-state index is -4.81. The van der Waals surface area contributed by atoms with Crippen LogP contribution in [0.15, 0.2) is 53.4 Å². The molecule has 0 bridgehead atoms. The quantitative estimate of drug-likeness (QED) is 0.761. The second kappa shape index (κ2) is 8.27. The molecule has 166 valence electrons. The van der Waals surface area contributed by atoms with Crippen molar-refractivity contribution < 1.29 is 26.4 Å². The monoisotopic (exact) mass is 452 g/mol. The fourth-order valence-corrected chi connectivity index (χ4v) is 6.38. The Bertz CT molecular complexity index is 1090. The molecule has 4 rings (SSSR count). The van der Waals surface area contributed by atoms with Gasteiger partial charge in [0.05, 0.1) is 16.5 Å². The Labute approximate surface area is 179 Å². The molecule has 0 radical (unpaired) electrons. The van der Waals surface area contributed by atoms with Gasteiger partial charge in [-0.05, 0) is 55.4 Å². The van der Waals surface area contributed by atoms with Gasteiger partial charge in [-0.25, -0.2) is 8.42 Å². The lowest BCUT2D eigenvalue weighted by Gasteiger charge is -2.30. The summed E-state index contributed by atoms with van der Waals surface area (Å²) in [5, 5.41) is 2.95. The van der Waals surface area contributed by atoms with E-state index in [9.17, 15) is 26.4 Å². The molecule has 1 aliphatic heterocycles. The summed E-state index contributed by atoms with van der Waals surface area (Å²) in [6.07, 6.45) is -1.58. The van der Waals surface area contributed by atoms with Crippen LogP contribution in [0.1, 0.15) is 48.4 Å². The van der Waals surface area contributed by atoms with E-state index in [-0.39, 0.29) is 19.0 Å².